The van der Waals surface area contributed by atoms with E-state index in [0.29, 0.717) is 18.7 Å². The molecule has 40 heavy (non-hydrogen) atoms. The third-order valence-corrected chi connectivity index (χ3v) is 8.63. The quantitative estimate of drug-likeness (QED) is 0.488. The van der Waals surface area contributed by atoms with E-state index >= 15 is 0 Å². The van der Waals surface area contributed by atoms with Crippen LogP contribution in [-0.4, -0.2) is 88.4 Å². The molecule has 4 N–H and O–H groups in total. The number of anilines is 1. The second-order valence-corrected chi connectivity index (χ2v) is 12.4. The molecule has 1 saturated carbocycles. The molecule has 0 unspecified atom stereocenters. The molecule has 2 spiro atoms. The van der Waals surface area contributed by atoms with Crippen LogP contribution in [0.15, 0.2) is 18.3 Å². The number of aromatic nitrogens is 1. The van der Waals surface area contributed by atoms with Gasteiger partial charge in [-0.15, -0.1) is 0 Å². The van der Waals surface area contributed by atoms with Gasteiger partial charge in [-0.1, -0.05) is 20.8 Å². The van der Waals surface area contributed by atoms with Crippen molar-refractivity contribution in [3.63, 3.8) is 0 Å². The number of methoxy groups -OCH3 is 1. The van der Waals surface area contributed by atoms with Crippen LogP contribution in [0.3, 0.4) is 0 Å². The van der Waals surface area contributed by atoms with Gasteiger partial charge in [0.15, 0.2) is 11.6 Å². The number of amides is 5. The van der Waals surface area contributed by atoms with E-state index in [1.807, 2.05) is 20.8 Å². The molecule has 3 fully saturated rings. The van der Waals surface area contributed by atoms with Crippen molar-refractivity contribution < 1.29 is 33.4 Å². The minimum atomic E-state index is -1.54. The smallest absolute Gasteiger partial charge is 0.407 e. The van der Waals surface area contributed by atoms with Gasteiger partial charge < -0.3 is 35.6 Å². The Kier molecular flexibility index (Phi) is 6.66. The molecule has 0 radical (unpaired) electrons. The first-order valence-electron chi connectivity index (χ1n) is 13.5. The summed E-state index contributed by atoms with van der Waals surface area (Å²) in [5, 5.41) is 5.34. The number of ether oxygens (including phenoxy) is 2. The summed E-state index contributed by atoms with van der Waals surface area (Å²) in [6.45, 7) is 5.55. The van der Waals surface area contributed by atoms with Gasteiger partial charge >= 0.3 is 6.09 Å². The molecule has 1 aliphatic carbocycles. The standard InChI is InChI=1S/C27H36N6O7/c1-25(2,3)18(30-24(38)39-4)22(36)32-11-9-26(7-8-26)12-16(32)21(35)33-14-27(13-15(33)19(28)34)23(37)31-20-17(40-27)6-5-10-29-20/h5-6,10,15-16,18H,7-9,11-14H2,1-4H3,(H2,28,34)(H,30,38)(H,29,31,37)/t15-,16-,18+,27+/m0/s1. The van der Waals surface area contributed by atoms with Gasteiger partial charge in [0.1, 0.15) is 18.1 Å². The van der Waals surface area contributed by atoms with Crippen LogP contribution in [0.25, 0.3) is 0 Å². The molecule has 5 amide bonds. The first-order chi connectivity index (χ1) is 18.8. The molecule has 1 aromatic rings. The molecule has 0 bridgehead atoms. The van der Waals surface area contributed by atoms with Gasteiger partial charge in [0.2, 0.25) is 23.3 Å². The zero-order valence-electron chi connectivity index (χ0n) is 23.2. The zero-order valence-corrected chi connectivity index (χ0v) is 23.2. The number of nitrogens with one attached hydrogen (secondary N) is 2. The van der Waals surface area contributed by atoms with Gasteiger partial charge in [0, 0.05) is 19.2 Å². The highest BCUT2D eigenvalue weighted by atomic mass is 16.5. The van der Waals surface area contributed by atoms with E-state index in [1.54, 1.807) is 12.1 Å². The molecule has 4 aliphatic rings. The number of alkyl carbamates (subject to hydrolysis) is 1. The van der Waals surface area contributed by atoms with Crippen molar-refractivity contribution in [2.45, 2.75) is 76.6 Å². The Balaban J connectivity index is 1.45. The molecule has 3 aliphatic heterocycles. The fraction of sp³-hybridized carbons (Fsp3) is 0.630. The number of primary amides is 1. The number of carbonyl (C=O) groups excluding carboxylic acids is 5. The van der Waals surface area contributed by atoms with Crippen LogP contribution in [0.5, 0.6) is 5.75 Å². The van der Waals surface area contributed by atoms with Crippen LogP contribution in [-0.2, 0) is 23.9 Å². The molecule has 13 heteroatoms. The molecule has 1 aromatic heterocycles. The van der Waals surface area contributed by atoms with Crippen molar-refractivity contribution in [1.29, 1.82) is 0 Å². The molecular weight excluding hydrogens is 520 g/mol. The first kappa shape index (κ1) is 27.7. The molecule has 4 heterocycles. The van der Waals surface area contributed by atoms with Gasteiger partial charge in [-0.2, -0.15) is 0 Å². The van der Waals surface area contributed by atoms with Crippen molar-refractivity contribution in [2.75, 3.05) is 25.5 Å². The number of piperidine rings is 1. The average molecular weight is 557 g/mol. The van der Waals surface area contributed by atoms with Crippen molar-refractivity contribution in [3.8, 4) is 5.75 Å². The maximum atomic E-state index is 14.3. The number of hydrogen-bond donors (Lipinski definition) is 3. The minimum absolute atomic E-state index is 0.0485. The maximum Gasteiger partial charge on any atom is 0.407 e. The van der Waals surface area contributed by atoms with Gasteiger partial charge in [0.25, 0.3) is 5.91 Å². The van der Waals surface area contributed by atoms with Gasteiger partial charge in [-0.3, -0.25) is 19.2 Å². The number of pyridine rings is 1. The van der Waals surface area contributed by atoms with E-state index in [0.717, 1.165) is 19.3 Å². The van der Waals surface area contributed by atoms with Crippen LogP contribution in [0.1, 0.15) is 52.9 Å². The molecule has 13 nitrogen and oxygen atoms in total. The van der Waals surface area contributed by atoms with Gasteiger partial charge in [0.05, 0.1) is 13.7 Å². The fourth-order valence-electron chi connectivity index (χ4n) is 6.08. The largest absolute Gasteiger partial charge is 0.472 e. The fourth-order valence-corrected chi connectivity index (χ4v) is 6.08. The number of carbonyl (C=O) groups is 5. The third kappa shape index (κ3) is 4.81. The number of nitrogens with two attached hydrogens (primary N) is 1. The van der Waals surface area contributed by atoms with Crippen molar-refractivity contribution >= 4 is 35.5 Å². The van der Waals surface area contributed by atoms with Crippen LogP contribution in [0, 0.1) is 10.8 Å². The zero-order chi connectivity index (χ0) is 29.0. The number of hydrogen-bond acceptors (Lipinski definition) is 8. The van der Waals surface area contributed by atoms with E-state index in [1.165, 1.54) is 23.1 Å². The monoisotopic (exact) mass is 556 g/mol. The predicted molar refractivity (Wildman–Crippen MR) is 141 cm³/mol. The highest BCUT2D eigenvalue weighted by Gasteiger charge is 2.60. The van der Waals surface area contributed by atoms with E-state index in [-0.39, 0.29) is 24.2 Å². The summed E-state index contributed by atoms with van der Waals surface area (Å²) in [5.41, 5.74) is 3.48. The Morgan fingerprint density at radius 3 is 2.52 bits per heavy atom. The Labute approximate surface area is 232 Å². The lowest BCUT2D eigenvalue weighted by atomic mass is 9.82. The summed E-state index contributed by atoms with van der Waals surface area (Å²) in [7, 11) is 1.22. The second-order valence-electron chi connectivity index (χ2n) is 12.4. The molecular formula is C27H36N6O7. The third-order valence-electron chi connectivity index (χ3n) is 8.63. The number of nitrogens with zero attached hydrogens (tertiary/aromatic N) is 3. The molecule has 4 atom stereocenters. The maximum absolute atomic E-state index is 14.3. The summed E-state index contributed by atoms with van der Waals surface area (Å²) in [5.74, 6) is -1.60. The molecule has 2 saturated heterocycles. The molecule has 0 aromatic carbocycles. The Morgan fingerprint density at radius 1 is 1.18 bits per heavy atom. The summed E-state index contributed by atoms with van der Waals surface area (Å²) in [6.07, 6.45) is 3.67. The summed E-state index contributed by atoms with van der Waals surface area (Å²) < 4.78 is 10.8. The van der Waals surface area contributed by atoms with E-state index in [2.05, 4.69) is 15.6 Å². The average Bonchev–Trinajstić information content (AvgIpc) is 3.54. The van der Waals surface area contributed by atoms with Crippen molar-refractivity contribution in [3.05, 3.63) is 18.3 Å². The number of likely N-dealkylation sites (tertiary alicyclic amines) is 2. The lowest BCUT2D eigenvalue weighted by Crippen LogP contribution is -2.63. The highest BCUT2D eigenvalue weighted by molar-refractivity contribution is 6.03. The highest BCUT2D eigenvalue weighted by Crippen LogP contribution is 2.55. The lowest BCUT2D eigenvalue weighted by Gasteiger charge is -2.44. The van der Waals surface area contributed by atoms with Crippen LogP contribution < -0.4 is 21.1 Å². The van der Waals surface area contributed by atoms with Crippen LogP contribution >= 0.6 is 0 Å². The first-order valence-corrected chi connectivity index (χ1v) is 13.5. The molecule has 216 valence electrons. The lowest BCUT2D eigenvalue weighted by molar-refractivity contribution is -0.153. The minimum Gasteiger partial charge on any atom is -0.472 e. The van der Waals surface area contributed by atoms with Crippen LogP contribution in [0.2, 0.25) is 0 Å². The van der Waals surface area contributed by atoms with Crippen LogP contribution in [0.4, 0.5) is 10.6 Å². The van der Waals surface area contributed by atoms with E-state index in [4.69, 9.17) is 15.2 Å². The summed E-state index contributed by atoms with van der Waals surface area (Å²) in [4.78, 5) is 73.1. The van der Waals surface area contributed by atoms with Crippen molar-refractivity contribution in [1.82, 2.24) is 20.1 Å². The molecule has 5 rings (SSSR count). The number of fused-ring (bicyclic) bond motifs is 1. The van der Waals surface area contributed by atoms with E-state index in [9.17, 15) is 24.0 Å². The topological polar surface area (TPSA) is 173 Å². The van der Waals surface area contributed by atoms with Crippen molar-refractivity contribution in [2.24, 2.45) is 16.6 Å². The SMILES string of the molecule is COC(=O)N[C@H](C(=O)N1CCC2(CC2)C[C@H]1C(=O)N1C[C@@]2(C[C@H]1C(N)=O)Oc1cccnc1NC2=O)C(C)(C)C. The summed E-state index contributed by atoms with van der Waals surface area (Å²) in [6, 6.07) is 0.328. The normalized spacial score (nSPS) is 27.4. The number of rotatable bonds is 4. The van der Waals surface area contributed by atoms with E-state index < -0.39 is 58.9 Å². The predicted octanol–water partition coefficient (Wildman–Crippen LogP) is 0.779. The Morgan fingerprint density at radius 2 is 1.90 bits per heavy atom. The Hall–Kier alpha value is -3.90. The van der Waals surface area contributed by atoms with Gasteiger partial charge in [-0.25, -0.2) is 9.78 Å². The second kappa shape index (κ2) is 9.63. The summed E-state index contributed by atoms with van der Waals surface area (Å²) >= 11 is 0. The van der Waals surface area contributed by atoms with Gasteiger partial charge in [-0.05, 0) is 48.6 Å². The Bertz CT molecular complexity index is 1260.